The summed E-state index contributed by atoms with van der Waals surface area (Å²) in [6.07, 6.45) is 93.6. The summed E-state index contributed by atoms with van der Waals surface area (Å²) in [6, 6.07) is 0. The summed E-state index contributed by atoms with van der Waals surface area (Å²) in [5, 5.41) is 0. The largest absolute Gasteiger partial charge is 0.472 e. The molecule has 0 aromatic carbocycles. The van der Waals surface area contributed by atoms with Gasteiger partial charge in [-0.3, -0.25) is 18.6 Å². The van der Waals surface area contributed by atoms with Crippen LogP contribution in [0.25, 0.3) is 0 Å². The van der Waals surface area contributed by atoms with Crippen LogP contribution in [0.1, 0.15) is 258 Å². The van der Waals surface area contributed by atoms with Crippen LogP contribution in [0.3, 0.4) is 0 Å². The zero-order valence-corrected chi connectivity index (χ0v) is 55.2. The number of unbranched alkanes of at least 4 members (excludes halogenated alkanes) is 22. The second kappa shape index (κ2) is 63.4. The molecule has 0 saturated carbocycles. The lowest BCUT2D eigenvalue weighted by Crippen LogP contribution is -2.37. The molecule has 9 nitrogen and oxygen atoms in total. The van der Waals surface area contributed by atoms with E-state index >= 15 is 0 Å². The summed E-state index contributed by atoms with van der Waals surface area (Å²) >= 11 is 0. The molecule has 0 aliphatic carbocycles. The van der Waals surface area contributed by atoms with Gasteiger partial charge in [0.1, 0.15) is 19.8 Å². The second-order valence-corrected chi connectivity index (χ2v) is 24.6. The summed E-state index contributed by atoms with van der Waals surface area (Å²) in [5.41, 5.74) is 0. The fourth-order valence-electron chi connectivity index (χ4n) is 8.72. The molecular weight excluding hydrogens is 1060 g/mol. The maximum Gasteiger partial charge on any atom is 0.472 e. The molecule has 2 atom stereocenters. The van der Waals surface area contributed by atoms with E-state index in [-0.39, 0.29) is 32.0 Å². The van der Waals surface area contributed by atoms with Crippen LogP contribution in [0.4, 0.5) is 0 Å². The van der Waals surface area contributed by atoms with Crippen LogP contribution in [0, 0.1) is 0 Å². The molecule has 0 fully saturated rings. The highest BCUT2D eigenvalue weighted by atomic mass is 31.2. The fraction of sp³-hybridized carbons (Fsp3) is 0.649. The predicted octanol–water partition coefficient (Wildman–Crippen LogP) is 21.8. The molecule has 0 rings (SSSR count). The minimum Gasteiger partial charge on any atom is -0.462 e. The Morgan fingerprint density at radius 3 is 1.01 bits per heavy atom. The third-order valence-corrected chi connectivity index (χ3v) is 14.8. The Morgan fingerprint density at radius 1 is 0.381 bits per heavy atom. The van der Waals surface area contributed by atoms with Gasteiger partial charge in [0.15, 0.2) is 6.10 Å². The number of phosphoric ester groups is 1. The molecule has 0 heterocycles. The smallest absolute Gasteiger partial charge is 0.462 e. The molecule has 10 heteroatoms. The van der Waals surface area contributed by atoms with E-state index in [4.69, 9.17) is 18.5 Å². The Kier molecular flexibility index (Phi) is 60.3. The summed E-state index contributed by atoms with van der Waals surface area (Å²) < 4.78 is 34.6. The van der Waals surface area contributed by atoms with Crippen molar-refractivity contribution in [2.24, 2.45) is 0 Å². The molecule has 0 radical (unpaired) electrons. The SMILES string of the molecule is CC/C=C\C/C=C\C/C=C\C/C=C\C/C=C\C/C=C\C/C=C\C/C=C\C/C=C\C/C=C\CCCCCCCCCCC(=O)OC(COC(=O)CCCCCCCCCCC/C=C\C/C=C\CCCCCCC)COP(=O)(O)OCC[N+](C)(C)C. The molecular formula is C74H125NO8P+. The number of carbonyl (C=O) groups excluding carboxylic acids is 2. The van der Waals surface area contributed by atoms with E-state index in [2.05, 4.69) is 160 Å². The van der Waals surface area contributed by atoms with E-state index in [0.717, 1.165) is 128 Å². The third-order valence-electron chi connectivity index (χ3n) is 13.9. The number of quaternary nitrogens is 1. The number of nitrogens with zero attached hydrogens (tertiary/aromatic N) is 1. The van der Waals surface area contributed by atoms with Crippen molar-refractivity contribution in [3.8, 4) is 0 Å². The minimum absolute atomic E-state index is 0.0223. The van der Waals surface area contributed by atoms with Gasteiger partial charge in [-0.15, -0.1) is 0 Å². The van der Waals surface area contributed by atoms with Gasteiger partial charge in [-0.05, 0) is 122 Å². The average Bonchev–Trinajstić information content (AvgIpc) is 3.61. The van der Waals surface area contributed by atoms with E-state index in [0.29, 0.717) is 17.4 Å². The van der Waals surface area contributed by atoms with Gasteiger partial charge >= 0.3 is 19.8 Å². The van der Waals surface area contributed by atoms with Crippen LogP contribution in [0.15, 0.2) is 146 Å². The standard InChI is InChI=1S/C74H124NO8P/c1-6-8-10-12-14-16-18-20-22-24-26-28-29-30-31-32-33-34-35-36-37-38-39-40-41-42-43-44-45-47-49-51-53-55-57-59-61-63-65-67-74(77)83-72(71-82-84(78,79)81-69-68-75(3,4)5)70-80-73(76)66-64-62-60-58-56-54-52-50-48-46-27-25-23-21-19-17-15-13-11-9-7-2/h8,10,14,16,19-22,25-28,30-31,33-34,36-37,39-40,42-43,45,47,72H,6-7,9,11-13,15,17-18,23-24,29,32,35,38,41,44,46,48-71H2,1-5H3/p+1/b10-8-,16-14-,21-19-,22-20-,27-25-,28-26-,31-30-,34-33-,37-36-,40-39-,43-42-,47-45-. The molecule has 0 bridgehead atoms. The van der Waals surface area contributed by atoms with Crippen LogP contribution in [0.5, 0.6) is 0 Å². The van der Waals surface area contributed by atoms with Gasteiger partial charge < -0.3 is 18.9 Å². The Balaban J connectivity index is 4.14. The van der Waals surface area contributed by atoms with Crippen molar-refractivity contribution in [2.75, 3.05) is 47.5 Å². The first-order valence-corrected chi connectivity index (χ1v) is 35.1. The van der Waals surface area contributed by atoms with Gasteiger partial charge in [0.05, 0.1) is 27.7 Å². The van der Waals surface area contributed by atoms with Crippen molar-refractivity contribution in [2.45, 2.75) is 264 Å². The van der Waals surface area contributed by atoms with E-state index in [1.54, 1.807) is 0 Å². The molecule has 0 spiro atoms. The molecule has 478 valence electrons. The second-order valence-electron chi connectivity index (χ2n) is 23.1. The molecule has 0 aliphatic heterocycles. The van der Waals surface area contributed by atoms with Gasteiger partial charge in [0.2, 0.25) is 0 Å². The van der Waals surface area contributed by atoms with Crippen molar-refractivity contribution in [1.29, 1.82) is 0 Å². The number of hydrogen-bond acceptors (Lipinski definition) is 7. The van der Waals surface area contributed by atoms with Crippen LogP contribution in [-0.2, 0) is 32.7 Å². The topological polar surface area (TPSA) is 108 Å². The van der Waals surface area contributed by atoms with E-state index in [9.17, 15) is 19.0 Å². The van der Waals surface area contributed by atoms with Crippen LogP contribution >= 0.6 is 7.82 Å². The Labute approximate surface area is 516 Å². The highest BCUT2D eigenvalue weighted by Gasteiger charge is 2.27. The molecule has 2 unspecified atom stereocenters. The maximum atomic E-state index is 12.9. The van der Waals surface area contributed by atoms with Crippen molar-refractivity contribution < 1.29 is 42.1 Å². The Hall–Kier alpha value is -4.11. The number of phosphoric acid groups is 1. The molecule has 0 aliphatic rings. The Morgan fingerprint density at radius 2 is 0.679 bits per heavy atom. The van der Waals surface area contributed by atoms with Gasteiger partial charge in [0, 0.05) is 12.8 Å². The fourth-order valence-corrected chi connectivity index (χ4v) is 9.46. The number of allylic oxidation sites excluding steroid dienone is 24. The van der Waals surface area contributed by atoms with Gasteiger partial charge in [0.25, 0.3) is 0 Å². The van der Waals surface area contributed by atoms with Gasteiger partial charge in [-0.25, -0.2) is 4.57 Å². The first kappa shape index (κ1) is 79.9. The third kappa shape index (κ3) is 67.0. The number of esters is 2. The lowest BCUT2D eigenvalue weighted by Gasteiger charge is -2.24. The van der Waals surface area contributed by atoms with Crippen LogP contribution in [-0.4, -0.2) is 74.9 Å². The van der Waals surface area contributed by atoms with E-state index in [1.165, 1.54) is 96.3 Å². The average molecular weight is 1190 g/mol. The summed E-state index contributed by atoms with van der Waals surface area (Å²) in [4.78, 5) is 35.8. The predicted molar refractivity (Wildman–Crippen MR) is 362 cm³/mol. The number of carbonyl (C=O) groups is 2. The van der Waals surface area contributed by atoms with E-state index in [1.807, 2.05) is 21.1 Å². The van der Waals surface area contributed by atoms with Crippen LogP contribution < -0.4 is 0 Å². The number of likely N-dealkylation sites (N-methyl/N-ethyl adjacent to an activating group) is 1. The highest BCUT2D eigenvalue weighted by Crippen LogP contribution is 2.43. The zero-order chi connectivity index (χ0) is 61.2. The lowest BCUT2D eigenvalue weighted by atomic mass is 10.1. The molecule has 0 aromatic heterocycles. The summed E-state index contributed by atoms with van der Waals surface area (Å²) in [6.45, 7) is 4.29. The Bertz CT molecular complexity index is 1930. The van der Waals surface area contributed by atoms with Crippen molar-refractivity contribution >= 4 is 19.8 Å². The van der Waals surface area contributed by atoms with Crippen molar-refractivity contribution in [3.63, 3.8) is 0 Å². The highest BCUT2D eigenvalue weighted by molar-refractivity contribution is 7.47. The first-order valence-electron chi connectivity index (χ1n) is 33.6. The lowest BCUT2D eigenvalue weighted by molar-refractivity contribution is -0.870. The monoisotopic (exact) mass is 1190 g/mol. The van der Waals surface area contributed by atoms with E-state index < -0.39 is 26.5 Å². The molecule has 0 amide bonds. The van der Waals surface area contributed by atoms with Gasteiger partial charge in [-0.2, -0.15) is 0 Å². The first-order chi connectivity index (χ1) is 41.0. The normalized spacial score (nSPS) is 14.1. The number of ether oxygens (including phenoxy) is 2. The summed E-state index contributed by atoms with van der Waals surface area (Å²) in [5.74, 6) is -0.817. The molecule has 0 saturated heterocycles. The summed E-state index contributed by atoms with van der Waals surface area (Å²) in [7, 11) is 1.45. The zero-order valence-electron chi connectivity index (χ0n) is 54.3. The quantitative estimate of drug-likeness (QED) is 0.0211. The van der Waals surface area contributed by atoms with Crippen molar-refractivity contribution in [1.82, 2.24) is 0 Å². The van der Waals surface area contributed by atoms with Crippen LogP contribution in [0.2, 0.25) is 0 Å². The maximum absolute atomic E-state index is 12.9. The molecule has 0 aromatic rings. The van der Waals surface area contributed by atoms with Gasteiger partial charge in [-0.1, -0.05) is 269 Å². The molecule has 84 heavy (non-hydrogen) atoms. The minimum atomic E-state index is -4.40. The number of rotatable bonds is 60. The number of hydrogen-bond donors (Lipinski definition) is 1. The van der Waals surface area contributed by atoms with Crippen molar-refractivity contribution in [3.05, 3.63) is 146 Å². The molecule has 1 N–H and O–H groups in total.